The average molecular weight is 333 g/mol. The van der Waals surface area contributed by atoms with Crippen molar-refractivity contribution < 1.29 is 13.5 Å². The van der Waals surface area contributed by atoms with Gasteiger partial charge in [-0.15, -0.1) is 0 Å². The minimum atomic E-state index is -3.63. The Kier molecular flexibility index (Phi) is 5.57. The third-order valence-electron chi connectivity index (χ3n) is 3.90. The molecule has 0 saturated carbocycles. The summed E-state index contributed by atoms with van der Waals surface area (Å²) in [7, 11) is -3.63. The van der Waals surface area contributed by atoms with Crippen LogP contribution in [-0.4, -0.2) is 30.9 Å². The van der Waals surface area contributed by atoms with Crippen molar-refractivity contribution >= 4 is 10.0 Å². The Hall–Kier alpha value is -1.69. The van der Waals surface area contributed by atoms with Gasteiger partial charge in [-0.2, -0.15) is 4.31 Å². The highest BCUT2D eigenvalue weighted by molar-refractivity contribution is 7.89. The van der Waals surface area contributed by atoms with Gasteiger partial charge in [0.1, 0.15) is 6.10 Å². The number of aryl methyl sites for hydroxylation is 1. The predicted molar refractivity (Wildman–Crippen MR) is 91.8 cm³/mol. The van der Waals surface area contributed by atoms with Crippen molar-refractivity contribution in [1.29, 1.82) is 0 Å². The minimum Gasteiger partial charge on any atom is -0.384 e. The molecule has 2 aromatic carbocycles. The number of rotatable bonds is 6. The van der Waals surface area contributed by atoms with Gasteiger partial charge in [0.05, 0.1) is 4.90 Å². The lowest BCUT2D eigenvalue weighted by atomic mass is 10.00. The van der Waals surface area contributed by atoms with E-state index in [0.29, 0.717) is 24.2 Å². The standard InChI is InChI=1S/C18H23NO3S/c1-4-19(5-2)23(21,22)17-12-11-14(3)13-16(17)18(20)15-9-7-6-8-10-15/h6-13,18,20H,4-5H2,1-3H3. The van der Waals surface area contributed by atoms with Crippen LogP contribution in [0.2, 0.25) is 0 Å². The topological polar surface area (TPSA) is 57.6 Å². The Bertz CT molecular complexity index is 753. The van der Waals surface area contributed by atoms with Gasteiger partial charge in [0.25, 0.3) is 0 Å². The van der Waals surface area contributed by atoms with Gasteiger partial charge < -0.3 is 5.11 Å². The molecule has 0 spiro atoms. The van der Waals surface area contributed by atoms with E-state index in [1.54, 1.807) is 30.3 Å². The Morgan fingerprint density at radius 2 is 1.65 bits per heavy atom. The van der Waals surface area contributed by atoms with Crippen molar-refractivity contribution in [3.05, 3.63) is 65.2 Å². The summed E-state index contributed by atoms with van der Waals surface area (Å²) in [5.74, 6) is 0. The number of benzene rings is 2. The highest BCUT2D eigenvalue weighted by atomic mass is 32.2. The Balaban J connectivity index is 2.59. The number of aliphatic hydroxyl groups is 1. The van der Waals surface area contributed by atoms with E-state index in [-0.39, 0.29) is 4.90 Å². The van der Waals surface area contributed by atoms with Crippen LogP contribution in [-0.2, 0) is 10.0 Å². The van der Waals surface area contributed by atoms with Gasteiger partial charge in [0, 0.05) is 18.7 Å². The largest absolute Gasteiger partial charge is 0.384 e. The van der Waals surface area contributed by atoms with E-state index in [9.17, 15) is 13.5 Å². The molecule has 124 valence electrons. The quantitative estimate of drug-likeness (QED) is 0.884. The molecule has 0 radical (unpaired) electrons. The smallest absolute Gasteiger partial charge is 0.243 e. The summed E-state index contributed by atoms with van der Waals surface area (Å²) in [6.07, 6.45) is -0.976. The van der Waals surface area contributed by atoms with Gasteiger partial charge in [-0.05, 0) is 18.6 Å². The van der Waals surface area contributed by atoms with Crippen LogP contribution in [0, 0.1) is 6.92 Å². The average Bonchev–Trinajstić information content (AvgIpc) is 2.55. The summed E-state index contributed by atoms with van der Waals surface area (Å²) in [6.45, 7) is 6.29. The van der Waals surface area contributed by atoms with Gasteiger partial charge in [-0.25, -0.2) is 8.42 Å². The van der Waals surface area contributed by atoms with Crippen molar-refractivity contribution in [1.82, 2.24) is 4.31 Å². The molecule has 0 saturated heterocycles. The molecule has 0 aliphatic rings. The molecule has 0 aliphatic carbocycles. The monoisotopic (exact) mass is 333 g/mol. The maximum atomic E-state index is 12.9. The van der Waals surface area contributed by atoms with Gasteiger partial charge in [0.2, 0.25) is 10.0 Å². The zero-order valence-electron chi connectivity index (χ0n) is 13.7. The molecule has 4 nitrogen and oxygen atoms in total. The summed E-state index contributed by atoms with van der Waals surface area (Å²) >= 11 is 0. The highest BCUT2D eigenvalue weighted by Crippen LogP contribution is 2.30. The summed E-state index contributed by atoms with van der Waals surface area (Å²) in [6, 6.07) is 14.2. The first-order chi connectivity index (χ1) is 10.9. The fourth-order valence-corrected chi connectivity index (χ4v) is 4.30. The molecule has 0 heterocycles. The van der Waals surface area contributed by atoms with E-state index < -0.39 is 16.1 Å². The molecule has 23 heavy (non-hydrogen) atoms. The maximum absolute atomic E-state index is 12.9. The molecule has 0 amide bonds. The fourth-order valence-electron chi connectivity index (χ4n) is 2.63. The van der Waals surface area contributed by atoms with Crippen LogP contribution in [0.4, 0.5) is 0 Å². The molecule has 5 heteroatoms. The molecule has 0 fully saturated rings. The number of aliphatic hydroxyl groups excluding tert-OH is 1. The summed E-state index contributed by atoms with van der Waals surface area (Å²) in [5.41, 5.74) is 2.01. The summed E-state index contributed by atoms with van der Waals surface area (Å²) < 4.78 is 27.2. The highest BCUT2D eigenvalue weighted by Gasteiger charge is 2.27. The fraction of sp³-hybridized carbons (Fsp3) is 0.333. The van der Waals surface area contributed by atoms with Crippen LogP contribution in [0.1, 0.15) is 36.6 Å². The molecule has 0 bridgehead atoms. The molecule has 1 atom stereocenters. The van der Waals surface area contributed by atoms with Crippen LogP contribution in [0.15, 0.2) is 53.4 Å². The van der Waals surface area contributed by atoms with Gasteiger partial charge in [-0.1, -0.05) is 61.9 Å². The van der Waals surface area contributed by atoms with Crippen LogP contribution in [0.3, 0.4) is 0 Å². The Morgan fingerprint density at radius 3 is 2.22 bits per heavy atom. The molecule has 1 unspecified atom stereocenters. The van der Waals surface area contributed by atoms with Crippen LogP contribution in [0.5, 0.6) is 0 Å². The first-order valence-electron chi connectivity index (χ1n) is 7.75. The SMILES string of the molecule is CCN(CC)S(=O)(=O)c1ccc(C)cc1C(O)c1ccccc1. The lowest BCUT2D eigenvalue weighted by Crippen LogP contribution is -2.31. The first-order valence-corrected chi connectivity index (χ1v) is 9.19. The van der Waals surface area contributed by atoms with Crippen molar-refractivity contribution in [3.8, 4) is 0 Å². The minimum absolute atomic E-state index is 0.170. The lowest BCUT2D eigenvalue weighted by Gasteiger charge is -2.23. The van der Waals surface area contributed by atoms with Crippen LogP contribution >= 0.6 is 0 Å². The van der Waals surface area contributed by atoms with Crippen molar-refractivity contribution in [3.63, 3.8) is 0 Å². The second-order valence-corrected chi connectivity index (χ2v) is 7.35. The normalized spacial score (nSPS) is 13.3. The van der Waals surface area contributed by atoms with Crippen LogP contribution in [0.25, 0.3) is 0 Å². The Morgan fingerprint density at radius 1 is 1.04 bits per heavy atom. The van der Waals surface area contributed by atoms with E-state index in [1.165, 1.54) is 4.31 Å². The van der Waals surface area contributed by atoms with E-state index >= 15 is 0 Å². The number of hydrogen-bond donors (Lipinski definition) is 1. The third-order valence-corrected chi connectivity index (χ3v) is 6.02. The van der Waals surface area contributed by atoms with Gasteiger partial charge in [-0.3, -0.25) is 0 Å². The molecule has 2 aromatic rings. The van der Waals surface area contributed by atoms with Crippen molar-refractivity contribution in [2.75, 3.05) is 13.1 Å². The lowest BCUT2D eigenvalue weighted by molar-refractivity contribution is 0.216. The molecule has 1 N–H and O–H groups in total. The van der Waals surface area contributed by atoms with Gasteiger partial charge in [0.15, 0.2) is 0 Å². The van der Waals surface area contributed by atoms with E-state index in [4.69, 9.17) is 0 Å². The number of hydrogen-bond acceptors (Lipinski definition) is 3. The molecule has 2 rings (SSSR count). The van der Waals surface area contributed by atoms with Gasteiger partial charge >= 0.3 is 0 Å². The zero-order chi connectivity index (χ0) is 17.0. The summed E-state index contributed by atoms with van der Waals surface area (Å²) in [5, 5.41) is 10.7. The third kappa shape index (κ3) is 3.63. The molecular formula is C18H23NO3S. The van der Waals surface area contributed by atoms with Crippen molar-refractivity contribution in [2.45, 2.75) is 31.8 Å². The Labute approximate surface area is 138 Å². The molecular weight excluding hydrogens is 310 g/mol. The van der Waals surface area contributed by atoms with E-state index in [1.807, 2.05) is 39.0 Å². The number of sulfonamides is 1. The maximum Gasteiger partial charge on any atom is 0.243 e. The first kappa shape index (κ1) is 17.7. The van der Waals surface area contributed by atoms with E-state index in [2.05, 4.69) is 0 Å². The molecule has 0 aliphatic heterocycles. The number of nitrogens with zero attached hydrogens (tertiary/aromatic N) is 1. The predicted octanol–water partition coefficient (Wildman–Crippen LogP) is 3.11. The van der Waals surface area contributed by atoms with E-state index in [0.717, 1.165) is 5.56 Å². The summed E-state index contributed by atoms with van der Waals surface area (Å²) in [4.78, 5) is 0.170. The second-order valence-electron chi connectivity index (χ2n) is 5.44. The zero-order valence-corrected chi connectivity index (χ0v) is 14.5. The van der Waals surface area contributed by atoms with Crippen LogP contribution < -0.4 is 0 Å². The second kappa shape index (κ2) is 7.25. The van der Waals surface area contributed by atoms with Crippen molar-refractivity contribution in [2.24, 2.45) is 0 Å². The molecule has 0 aromatic heterocycles.